The zero-order valence-electron chi connectivity index (χ0n) is 9.81. The average molecular weight is 229 g/mol. The molecule has 2 nitrogen and oxygen atoms in total. The molecule has 0 heterocycles. The Morgan fingerprint density at radius 3 is 2.56 bits per heavy atom. The summed E-state index contributed by atoms with van der Waals surface area (Å²) >= 11 is 0. The maximum absolute atomic E-state index is 13.2. The number of rotatable bonds is 4. The molecule has 0 spiro atoms. The Labute approximate surface area is 94.6 Å². The number of hydrogen-bond acceptors (Lipinski definition) is 2. The smallest absolute Gasteiger partial charge is 0.146 e. The summed E-state index contributed by atoms with van der Waals surface area (Å²) in [6, 6.07) is 3.32. The van der Waals surface area contributed by atoms with Gasteiger partial charge in [0.2, 0.25) is 0 Å². The fourth-order valence-corrected chi connectivity index (χ4v) is 1.18. The first-order chi connectivity index (χ1) is 7.38. The Morgan fingerprint density at radius 2 is 1.94 bits per heavy atom. The van der Waals surface area contributed by atoms with E-state index in [0.717, 1.165) is 18.2 Å². The van der Waals surface area contributed by atoms with Gasteiger partial charge in [-0.25, -0.2) is 8.78 Å². The van der Waals surface area contributed by atoms with Gasteiger partial charge in [0.15, 0.2) is 0 Å². The van der Waals surface area contributed by atoms with E-state index in [1.54, 1.807) is 0 Å². The molecule has 1 rings (SSSR count). The van der Waals surface area contributed by atoms with Crippen molar-refractivity contribution < 1.29 is 13.5 Å². The van der Waals surface area contributed by atoms with Gasteiger partial charge < -0.3 is 10.1 Å². The molecule has 1 aromatic rings. The molecule has 0 atom stereocenters. The first-order valence-electron chi connectivity index (χ1n) is 5.21. The highest BCUT2D eigenvalue weighted by Crippen LogP contribution is 2.15. The molecule has 0 fully saturated rings. The number of benzene rings is 1. The second-order valence-corrected chi connectivity index (χ2v) is 4.51. The molecule has 0 aliphatic rings. The molecule has 0 aliphatic carbocycles. The van der Waals surface area contributed by atoms with E-state index >= 15 is 0 Å². The second-order valence-electron chi connectivity index (χ2n) is 4.51. The predicted molar refractivity (Wildman–Crippen MR) is 60.6 cm³/mol. The van der Waals surface area contributed by atoms with Crippen LogP contribution in [0.2, 0.25) is 0 Å². The molecule has 0 saturated heterocycles. The number of halogens is 2. The van der Waals surface area contributed by atoms with Gasteiger partial charge in [0.05, 0.1) is 17.9 Å². The van der Waals surface area contributed by atoms with Gasteiger partial charge in [0.25, 0.3) is 0 Å². The van der Waals surface area contributed by atoms with Crippen LogP contribution in [0.25, 0.3) is 0 Å². The van der Waals surface area contributed by atoms with Crippen LogP contribution in [0.3, 0.4) is 0 Å². The first-order valence-corrected chi connectivity index (χ1v) is 5.21. The first kappa shape index (κ1) is 12.9. The Kier molecular flexibility index (Phi) is 4.24. The Hall–Kier alpha value is -1.16. The van der Waals surface area contributed by atoms with Gasteiger partial charge in [0, 0.05) is 6.54 Å². The van der Waals surface area contributed by atoms with Crippen LogP contribution in [-0.2, 0) is 4.74 Å². The summed E-state index contributed by atoms with van der Waals surface area (Å²) in [6.07, 6.45) is 0. The van der Waals surface area contributed by atoms with E-state index < -0.39 is 11.6 Å². The number of anilines is 1. The van der Waals surface area contributed by atoms with Gasteiger partial charge in [-0.05, 0) is 39.0 Å². The number of hydrogen-bond donors (Lipinski definition) is 1. The minimum Gasteiger partial charge on any atom is -0.380 e. The van der Waals surface area contributed by atoms with Crippen molar-refractivity contribution in [3.63, 3.8) is 0 Å². The minimum atomic E-state index is -0.461. The van der Waals surface area contributed by atoms with Crippen molar-refractivity contribution in [3.05, 3.63) is 29.8 Å². The van der Waals surface area contributed by atoms with Crippen LogP contribution in [0.4, 0.5) is 14.5 Å². The monoisotopic (exact) mass is 229 g/mol. The lowest BCUT2D eigenvalue weighted by atomic mass is 10.2. The SMILES string of the molecule is CC(C)(C)OCCNc1cc(F)ccc1F. The molecule has 0 aliphatic heterocycles. The molecule has 90 valence electrons. The highest BCUT2D eigenvalue weighted by Gasteiger charge is 2.09. The van der Waals surface area contributed by atoms with E-state index in [4.69, 9.17) is 4.74 Å². The van der Waals surface area contributed by atoms with Gasteiger partial charge in [-0.15, -0.1) is 0 Å². The maximum Gasteiger partial charge on any atom is 0.146 e. The molecule has 16 heavy (non-hydrogen) atoms. The molecule has 0 saturated carbocycles. The van der Waals surface area contributed by atoms with Gasteiger partial charge >= 0.3 is 0 Å². The lowest BCUT2D eigenvalue weighted by Gasteiger charge is -2.19. The van der Waals surface area contributed by atoms with E-state index in [9.17, 15) is 8.78 Å². The van der Waals surface area contributed by atoms with E-state index in [1.165, 1.54) is 0 Å². The Balaban J connectivity index is 2.40. The highest BCUT2D eigenvalue weighted by atomic mass is 19.1. The van der Waals surface area contributed by atoms with Crippen molar-refractivity contribution in [3.8, 4) is 0 Å². The summed E-state index contributed by atoms with van der Waals surface area (Å²) in [7, 11) is 0. The maximum atomic E-state index is 13.2. The van der Waals surface area contributed by atoms with E-state index in [-0.39, 0.29) is 11.3 Å². The zero-order valence-corrected chi connectivity index (χ0v) is 9.81. The summed E-state index contributed by atoms with van der Waals surface area (Å²) in [6.45, 7) is 6.71. The predicted octanol–water partition coefficient (Wildman–Crippen LogP) is 3.19. The molecular weight excluding hydrogens is 212 g/mol. The average Bonchev–Trinajstić information content (AvgIpc) is 2.16. The topological polar surface area (TPSA) is 21.3 Å². The van der Waals surface area contributed by atoms with Crippen molar-refractivity contribution in [1.29, 1.82) is 0 Å². The summed E-state index contributed by atoms with van der Waals surface area (Å²) in [5.74, 6) is -0.919. The second kappa shape index (κ2) is 5.25. The Morgan fingerprint density at radius 1 is 1.25 bits per heavy atom. The van der Waals surface area contributed by atoms with Crippen LogP contribution in [0.5, 0.6) is 0 Å². The summed E-state index contributed by atoms with van der Waals surface area (Å²) in [5.41, 5.74) is -0.0557. The molecular formula is C12H17F2NO. The number of ether oxygens (including phenoxy) is 1. The fourth-order valence-electron chi connectivity index (χ4n) is 1.18. The van der Waals surface area contributed by atoms with E-state index in [1.807, 2.05) is 20.8 Å². The Bertz CT molecular complexity index is 347. The van der Waals surface area contributed by atoms with Gasteiger partial charge in [0.1, 0.15) is 11.6 Å². The van der Waals surface area contributed by atoms with Crippen molar-refractivity contribution in [2.24, 2.45) is 0 Å². The highest BCUT2D eigenvalue weighted by molar-refractivity contribution is 5.44. The molecule has 1 aromatic carbocycles. The van der Waals surface area contributed by atoms with Crippen LogP contribution in [0.1, 0.15) is 20.8 Å². The van der Waals surface area contributed by atoms with Crippen molar-refractivity contribution in [2.45, 2.75) is 26.4 Å². The van der Waals surface area contributed by atoms with Crippen LogP contribution >= 0.6 is 0 Å². The summed E-state index contributed by atoms with van der Waals surface area (Å²) < 4.78 is 31.4. The van der Waals surface area contributed by atoms with Crippen LogP contribution in [0, 0.1) is 11.6 Å². The van der Waals surface area contributed by atoms with E-state index in [0.29, 0.717) is 13.2 Å². The molecule has 0 radical (unpaired) electrons. The van der Waals surface area contributed by atoms with Crippen LogP contribution < -0.4 is 5.32 Å². The molecule has 0 unspecified atom stereocenters. The summed E-state index contributed by atoms with van der Waals surface area (Å²) in [4.78, 5) is 0. The van der Waals surface area contributed by atoms with Crippen LogP contribution in [-0.4, -0.2) is 18.8 Å². The van der Waals surface area contributed by atoms with Crippen molar-refractivity contribution in [1.82, 2.24) is 0 Å². The minimum absolute atomic E-state index is 0.164. The quantitative estimate of drug-likeness (QED) is 0.800. The molecule has 0 amide bonds. The largest absolute Gasteiger partial charge is 0.380 e. The molecule has 4 heteroatoms. The molecule has 1 N–H and O–H groups in total. The third-order valence-corrected chi connectivity index (χ3v) is 1.88. The molecule has 0 aromatic heterocycles. The standard InChI is InChI=1S/C12H17F2NO/c1-12(2,3)16-7-6-15-11-8-9(13)4-5-10(11)14/h4-5,8,15H,6-7H2,1-3H3. The van der Waals surface area contributed by atoms with Crippen molar-refractivity contribution in [2.75, 3.05) is 18.5 Å². The van der Waals surface area contributed by atoms with E-state index in [2.05, 4.69) is 5.32 Å². The zero-order chi connectivity index (χ0) is 12.2. The lowest BCUT2D eigenvalue weighted by Crippen LogP contribution is -2.23. The third-order valence-electron chi connectivity index (χ3n) is 1.88. The normalized spacial score (nSPS) is 11.6. The lowest BCUT2D eigenvalue weighted by molar-refractivity contribution is 0.00332. The van der Waals surface area contributed by atoms with Gasteiger partial charge in [-0.2, -0.15) is 0 Å². The molecule has 0 bridgehead atoms. The van der Waals surface area contributed by atoms with Gasteiger partial charge in [-0.3, -0.25) is 0 Å². The van der Waals surface area contributed by atoms with Gasteiger partial charge in [-0.1, -0.05) is 0 Å². The fraction of sp³-hybridized carbons (Fsp3) is 0.500. The summed E-state index contributed by atoms with van der Waals surface area (Å²) in [5, 5.41) is 2.79. The van der Waals surface area contributed by atoms with Crippen LogP contribution in [0.15, 0.2) is 18.2 Å². The third kappa shape index (κ3) is 4.57. The number of nitrogens with one attached hydrogen (secondary N) is 1. The van der Waals surface area contributed by atoms with Crippen molar-refractivity contribution >= 4 is 5.69 Å².